The van der Waals surface area contributed by atoms with Crippen molar-refractivity contribution in [3.05, 3.63) is 24.3 Å². The van der Waals surface area contributed by atoms with Gasteiger partial charge in [0.2, 0.25) is 5.91 Å². The van der Waals surface area contributed by atoms with Crippen LogP contribution in [0.1, 0.15) is 32.1 Å². The lowest BCUT2D eigenvalue weighted by molar-refractivity contribution is -0.137. The molecule has 1 aliphatic rings. The molecule has 0 aliphatic heterocycles. The van der Waals surface area contributed by atoms with Crippen LogP contribution in [0.5, 0.6) is 5.75 Å². The highest BCUT2D eigenvalue weighted by Crippen LogP contribution is 2.49. The summed E-state index contributed by atoms with van der Waals surface area (Å²) in [7, 11) is 1.64. The van der Waals surface area contributed by atoms with E-state index in [2.05, 4.69) is 5.32 Å². The first-order valence-electron chi connectivity index (χ1n) is 7.81. The van der Waals surface area contributed by atoms with Crippen LogP contribution >= 0.6 is 0 Å². The molecule has 0 aromatic heterocycles. The summed E-state index contributed by atoms with van der Waals surface area (Å²) in [5.41, 5.74) is 0.471. The van der Waals surface area contributed by atoms with Gasteiger partial charge in [0.1, 0.15) is 5.75 Å². The number of carbonyl (C=O) groups is 2. The molecule has 1 aromatic carbocycles. The zero-order valence-electron chi connectivity index (χ0n) is 13.3. The highest BCUT2D eigenvalue weighted by atomic mass is 16.5. The summed E-state index contributed by atoms with van der Waals surface area (Å²) in [4.78, 5) is 22.7. The van der Waals surface area contributed by atoms with Crippen LogP contribution in [-0.4, -0.2) is 37.3 Å². The zero-order valence-corrected chi connectivity index (χ0v) is 13.3. The Morgan fingerprint density at radius 1 is 1.22 bits per heavy atom. The van der Waals surface area contributed by atoms with E-state index in [9.17, 15) is 9.59 Å². The molecule has 0 bridgehead atoms. The third-order valence-corrected chi connectivity index (χ3v) is 4.04. The van der Waals surface area contributed by atoms with Gasteiger partial charge in [-0.3, -0.25) is 9.59 Å². The lowest BCUT2D eigenvalue weighted by Crippen LogP contribution is -2.25. The van der Waals surface area contributed by atoms with Crippen LogP contribution < -0.4 is 10.1 Å². The number of carbonyl (C=O) groups excluding carboxylic acids is 1. The first kappa shape index (κ1) is 17.3. The number of nitrogens with one attached hydrogen (secondary N) is 1. The zero-order chi connectivity index (χ0) is 16.7. The predicted molar refractivity (Wildman–Crippen MR) is 85.6 cm³/mol. The predicted octanol–water partition coefficient (Wildman–Crippen LogP) is 2.69. The summed E-state index contributed by atoms with van der Waals surface area (Å²) in [5.74, 6) is -0.118. The summed E-state index contributed by atoms with van der Waals surface area (Å²) >= 11 is 0. The second-order valence-electron chi connectivity index (χ2n) is 5.85. The van der Waals surface area contributed by atoms with E-state index in [0.717, 1.165) is 24.9 Å². The molecule has 0 spiro atoms. The maximum absolute atomic E-state index is 12.3. The molecule has 2 rings (SSSR count). The number of carboxylic acids is 1. The van der Waals surface area contributed by atoms with E-state index >= 15 is 0 Å². The quantitative estimate of drug-likeness (QED) is 0.647. The van der Waals surface area contributed by atoms with Crippen LogP contribution in [0.4, 0.5) is 5.69 Å². The molecule has 1 aliphatic carbocycles. The van der Waals surface area contributed by atoms with Gasteiger partial charge >= 0.3 is 5.97 Å². The van der Waals surface area contributed by atoms with Crippen LogP contribution in [0.25, 0.3) is 0 Å². The van der Waals surface area contributed by atoms with Gasteiger partial charge in [-0.1, -0.05) is 0 Å². The minimum Gasteiger partial charge on any atom is -0.494 e. The van der Waals surface area contributed by atoms with Crippen LogP contribution in [0.2, 0.25) is 0 Å². The summed E-state index contributed by atoms with van der Waals surface area (Å²) < 4.78 is 10.5. The lowest BCUT2D eigenvalue weighted by Gasteiger charge is -2.15. The average Bonchev–Trinajstić information content (AvgIpc) is 3.32. The van der Waals surface area contributed by atoms with Gasteiger partial charge < -0.3 is 19.9 Å². The van der Waals surface area contributed by atoms with E-state index in [4.69, 9.17) is 14.6 Å². The second-order valence-corrected chi connectivity index (χ2v) is 5.85. The molecular formula is C17H23NO5. The van der Waals surface area contributed by atoms with Gasteiger partial charge in [-0.15, -0.1) is 0 Å². The SMILES string of the molecule is COCCC1(C(=O)Nc2ccc(OCCCC(=O)O)cc2)CC1. The summed E-state index contributed by atoms with van der Waals surface area (Å²) in [5, 5.41) is 11.5. The summed E-state index contributed by atoms with van der Waals surface area (Å²) in [6.45, 7) is 0.953. The Balaban J connectivity index is 1.78. The normalized spacial score (nSPS) is 15.0. The molecule has 1 amide bonds. The van der Waals surface area contributed by atoms with E-state index in [1.165, 1.54) is 0 Å². The molecule has 0 unspecified atom stereocenters. The minimum atomic E-state index is -0.825. The van der Waals surface area contributed by atoms with Crippen molar-refractivity contribution in [2.75, 3.05) is 25.6 Å². The molecule has 0 saturated heterocycles. The Morgan fingerprint density at radius 3 is 2.48 bits per heavy atom. The molecule has 23 heavy (non-hydrogen) atoms. The number of anilines is 1. The molecule has 6 heteroatoms. The van der Waals surface area contributed by atoms with Crippen LogP contribution in [-0.2, 0) is 14.3 Å². The Morgan fingerprint density at radius 2 is 1.91 bits per heavy atom. The number of aliphatic carboxylic acids is 1. The third-order valence-electron chi connectivity index (χ3n) is 4.04. The Kier molecular flexibility index (Phi) is 5.98. The number of methoxy groups -OCH3 is 1. The van der Waals surface area contributed by atoms with Crippen molar-refractivity contribution in [2.45, 2.75) is 32.1 Å². The smallest absolute Gasteiger partial charge is 0.303 e. The fourth-order valence-electron chi connectivity index (χ4n) is 2.35. The van der Waals surface area contributed by atoms with Crippen molar-refractivity contribution in [2.24, 2.45) is 5.41 Å². The first-order chi connectivity index (χ1) is 11.1. The lowest BCUT2D eigenvalue weighted by atomic mass is 10.0. The number of ether oxygens (including phenoxy) is 2. The van der Waals surface area contributed by atoms with Gasteiger partial charge in [-0.2, -0.15) is 0 Å². The van der Waals surface area contributed by atoms with Gasteiger partial charge in [0.05, 0.1) is 12.0 Å². The summed E-state index contributed by atoms with van der Waals surface area (Å²) in [6.07, 6.45) is 3.13. The van der Waals surface area contributed by atoms with E-state index < -0.39 is 5.97 Å². The molecule has 0 heterocycles. The molecule has 2 N–H and O–H groups in total. The van der Waals surface area contributed by atoms with Crippen molar-refractivity contribution in [3.8, 4) is 5.75 Å². The maximum Gasteiger partial charge on any atom is 0.303 e. The first-order valence-corrected chi connectivity index (χ1v) is 7.81. The monoisotopic (exact) mass is 321 g/mol. The van der Waals surface area contributed by atoms with Crippen molar-refractivity contribution < 1.29 is 24.2 Å². The highest BCUT2D eigenvalue weighted by molar-refractivity contribution is 5.97. The molecule has 126 valence electrons. The number of benzene rings is 1. The maximum atomic E-state index is 12.3. The van der Waals surface area contributed by atoms with Gasteiger partial charge in [-0.05, 0) is 49.9 Å². The van der Waals surface area contributed by atoms with E-state index in [1.807, 2.05) is 0 Å². The molecule has 1 aromatic rings. The van der Waals surface area contributed by atoms with Crippen molar-refractivity contribution in [1.82, 2.24) is 0 Å². The number of rotatable bonds is 10. The number of hydrogen-bond acceptors (Lipinski definition) is 4. The van der Waals surface area contributed by atoms with Gasteiger partial charge in [0.15, 0.2) is 0 Å². The number of amides is 1. The van der Waals surface area contributed by atoms with E-state index in [1.54, 1.807) is 31.4 Å². The average molecular weight is 321 g/mol. The van der Waals surface area contributed by atoms with Crippen LogP contribution in [0.15, 0.2) is 24.3 Å². The van der Waals surface area contributed by atoms with Gasteiger partial charge in [0, 0.05) is 25.8 Å². The topological polar surface area (TPSA) is 84.9 Å². The largest absolute Gasteiger partial charge is 0.494 e. The Hall–Kier alpha value is -2.08. The van der Waals surface area contributed by atoms with E-state index in [-0.39, 0.29) is 17.7 Å². The van der Waals surface area contributed by atoms with Crippen LogP contribution in [0.3, 0.4) is 0 Å². The molecule has 0 atom stereocenters. The van der Waals surface area contributed by atoms with E-state index in [0.29, 0.717) is 25.4 Å². The van der Waals surface area contributed by atoms with Crippen molar-refractivity contribution in [3.63, 3.8) is 0 Å². The number of carboxylic acid groups (broad SMARTS) is 1. The van der Waals surface area contributed by atoms with Gasteiger partial charge in [0.25, 0.3) is 0 Å². The Labute approximate surface area is 135 Å². The third kappa shape index (κ3) is 5.25. The minimum absolute atomic E-state index is 0.0460. The van der Waals surface area contributed by atoms with Crippen molar-refractivity contribution >= 4 is 17.6 Å². The molecule has 0 radical (unpaired) electrons. The van der Waals surface area contributed by atoms with Crippen molar-refractivity contribution in [1.29, 1.82) is 0 Å². The Bertz CT molecular complexity index is 536. The highest BCUT2D eigenvalue weighted by Gasteiger charge is 2.49. The van der Waals surface area contributed by atoms with Gasteiger partial charge in [-0.25, -0.2) is 0 Å². The second kappa shape index (κ2) is 7.97. The van der Waals surface area contributed by atoms with Crippen LogP contribution in [0, 0.1) is 5.41 Å². The standard InChI is InChI=1S/C17H23NO5/c1-22-12-10-17(8-9-17)16(21)18-13-4-6-14(7-5-13)23-11-2-3-15(19)20/h4-7H,2-3,8-12H2,1H3,(H,18,21)(H,19,20). The number of hydrogen-bond donors (Lipinski definition) is 2. The molecule has 1 fully saturated rings. The molecule has 1 saturated carbocycles. The summed E-state index contributed by atoms with van der Waals surface area (Å²) in [6, 6.07) is 7.11. The fraction of sp³-hybridized carbons (Fsp3) is 0.529. The fourth-order valence-corrected chi connectivity index (χ4v) is 2.35. The molecular weight excluding hydrogens is 298 g/mol. The molecule has 6 nitrogen and oxygen atoms in total.